The van der Waals surface area contributed by atoms with Gasteiger partial charge < -0.3 is 14.8 Å². The van der Waals surface area contributed by atoms with E-state index < -0.39 is 24.3 Å². The Balaban J connectivity index is 1.37. The molecule has 0 aliphatic carbocycles. The second-order valence-electron chi connectivity index (χ2n) is 7.41. The van der Waals surface area contributed by atoms with Crippen molar-refractivity contribution in [2.45, 2.75) is 13.1 Å². The molecule has 0 fully saturated rings. The molecule has 1 amide bonds. The third-order valence-corrected chi connectivity index (χ3v) is 5.71. The largest absolute Gasteiger partial charge is 0.490 e. The number of carbonyl (C=O) groups excluding carboxylic acids is 1. The molecule has 4 aromatic rings. The molecule has 0 atom stereocenters. The number of halogens is 3. The summed E-state index contributed by atoms with van der Waals surface area (Å²) in [4.78, 5) is 16.7. The number of hydrogen-bond donors (Lipinski definition) is 2. The van der Waals surface area contributed by atoms with Crippen molar-refractivity contribution in [3.63, 3.8) is 0 Å². The van der Waals surface area contributed by atoms with E-state index in [1.165, 1.54) is 23.5 Å². The van der Waals surface area contributed by atoms with Gasteiger partial charge in [-0.1, -0.05) is 29.5 Å². The number of para-hydroxylation sites is 1. The van der Waals surface area contributed by atoms with Gasteiger partial charge in [0, 0.05) is 5.69 Å². The van der Waals surface area contributed by atoms with Crippen LogP contribution < -0.4 is 20.2 Å². The molecule has 4 rings (SSSR count). The van der Waals surface area contributed by atoms with Crippen LogP contribution >= 0.6 is 11.3 Å². The summed E-state index contributed by atoms with van der Waals surface area (Å²) in [5, 5.41) is 7.27. The number of amides is 1. The minimum atomic E-state index is -4.50. The second-order valence-corrected chi connectivity index (χ2v) is 8.44. The lowest BCUT2D eigenvalue weighted by atomic mass is 10.2. The Kier molecular flexibility index (Phi) is 7.69. The van der Waals surface area contributed by atoms with Crippen LogP contribution in [0, 0.1) is 0 Å². The van der Waals surface area contributed by atoms with Crippen molar-refractivity contribution in [2.75, 3.05) is 24.0 Å². The van der Waals surface area contributed by atoms with Crippen molar-refractivity contribution in [3.8, 4) is 11.5 Å². The van der Waals surface area contributed by atoms with Gasteiger partial charge in [0.1, 0.15) is 0 Å². The molecule has 0 bridgehead atoms. The zero-order valence-corrected chi connectivity index (χ0v) is 19.8. The third kappa shape index (κ3) is 6.51. The quantitative estimate of drug-likeness (QED) is 0.206. The summed E-state index contributed by atoms with van der Waals surface area (Å²) in [7, 11) is 0. The molecule has 7 nitrogen and oxygen atoms in total. The van der Waals surface area contributed by atoms with Crippen molar-refractivity contribution in [1.82, 2.24) is 4.98 Å². The van der Waals surface area contributed by atoms with Crippen LogP contribution in [0.1, 0.15) is 18.1 Å². The van der Waals surface area contributed by atoms with Gasteiger partial charge in [-0.25, -0.2) is 4.98 Å². The van der Waals surface area contributed by atoms with Gasteiger partial charge in [-0.05, 0) is 61.0 Å². The van der Waals surface area contributed by atoms with Crippen LogP contribution in [0.5, 0.6) is 11.5 Å². The molecule has 0 spiro atoms. The highest BCUT2D eigenvalue weighted by atomic mass is 32.1. The van der Waals surface area contributed by atoms with Gasteiger partial charge in [-0.3, -0.25) is 10.2 Å². The molecule has 0 aliphatic rings. The molecule has 0 radical (unpaired) electrons. The topological polar surface area (TPSA) is 84.8 Å². The van der Waals surface area contributed by atoms with E-state index in [4.69, 9.17) is 9.47 Å². The lowest BCUT2D eigenvalue weighted by Gasteiger charge is -2.13. The van der Waals surface area contributed by atoms with E-state index in [-0.39, 0.29) is 5.69 Å². The molecule has 11 heteroatoms. The van der Waals surface area contributed by atoms with E-state index in [0.29, 0.717) is 28.8 Å². The number of alkyl halides is 3. The summed E-state index contributed by atoms with van der Waals surface area (Å²) in [6.07, 6.45) is -2.91. The number of aromatic nitrogens is 1. The number of ether oxygens (including phenoxy) is 2. The van der Waals surface area contributed by atoms with Gasteiger partial charge in [0.25, 0.3) is 5.91 Å². The van der Waals surface area contributed by atoms with E-state index in [9.17, 15) is 18.0 Å². The smallest absolute Gasteiger partial charge is 0.416 e. The molecular formula is C25H21F3N4O3S. The van der Waals surface area contributed by atoms with Gasteiger partial charge in [-0.15, -0.1) is 0 Å². The number of hydrazone groups is 1. The minimum absolute atomic E-state index is 0.0237. The Bertz CT molecular complexity index is 1360. The molecule has 2 N–H and O–H groups in total. The average molecular weight is 515 g/mol. The lowest BCUT2D eigenvalue weighted by Crippen LogP contribution is -2.20. The van der Waals surface area contributed by atoms with Crippen LogP contribution in [0.2, 0.25) is 0 Å². The van der Waals surface area contributed by atoms with E-state index in [0.717, 1.165) is 22.3 Å². The molecule has 186 valence electrons. The van der Waals surface area contributed by atoms with Crippen LogP contribution in [0.3, 0.4) is 0 Å². The first-order valence-corrected chi connectivity index (χ1v) is 11.6. The number of benzene rings is 3. The standard InChI is InChI=1S/C25H21F3N4O3S/c1-2-34-21-12-16(14-29-32-24-31-19-8-3-4-9-22(19)36-24)10-11-20(21)35-15-23(33)30-18-7-5-6-17(13-18)25(26,27)28/h3-14H,2,15H2,1H3,(H,30,33)(H,31,32). The SMILES string of the molecule is CCOc1cc(C=NNc2nc3ccccc3s2)ccc1OCC(=O)Nc1cccc(C(F)(F)F)c1. The highest BCUT2D eigenvalue weighted by Gasteiger charge is 2.30. The Morgan fingerprint density at radius 3 is 2.67 bits per heavy atom. The third-order valence-electron chi connectivity index (χ3n) is 4.77. The number of hydrogen-bond acceptors (Lipinski definition) is 7. The Hall–Kier alpha value is -4.12. The normalized spacial score (nSPS) is 11.6. The summed E-state index contributed by atoms with van der Waals surface area (Å²) in [5.74, 6) is 0.100. The summed E-state index contributed by atoms with van der Waals surface area (Å²) in [6, 6.07) is 17.2. The van der Waals surface area contributed by atoms with Gasteiger partial charge >= 0.3 is 6.18 Å². The highest BCUT2D eigenvalue weighted by Crippen LogP contribution is 2.31. The highest BCUT2D eigenvalue weighted by molar-refractivity contribution is 7.22. The molecule has 36 heavy (non-hydrogen) atoms. The van der Waals surface area contributed by atoms with Crippen LogP contribution in [0.25, 0.3) is 10.2 Å². The molecule has 1 heterocycles. The van der Waals surface area contributed by atoms with Gasteiger partial charge in [0.15, 0.2) is 18.1 Å². The predicted molar refractivity (Wildman–Crippen MR) is 134 cm³/mol. The van der Waals surface area contributed by atoms with Gasteiger partial charge in [0.05, 0.1) is 28.6 Å². The first kappa shape index (κ1) is 25.0. The summed E-state index contributed by atoms with van der Waals surface area (Å²) < 4.78 is 50.8. The summed E-state index contributed by atoms with van der Waals surface area (Å²) in [5.41, 5.74) is 3.68. The van der Waals surface area contributed by atoms with E-state index >= 15 is 0 Å². The molecule has 0 saturated carbocycles. The average Bonchev–Trinajstić information content (AvgIpc) is 3.26. The Morgan fingerprint density at radius 2 is 1.89 bits per heavy atom. The number of anilines is 2. The maximum Gasteiger partial charge on any atom is 0.416 e. The van der Waals surface area contributed by atoms with Crippen LogP contribution in [0.15, 0.2) is 71.8 Å². The van der Waals surface area contributed by atoms with E-state index in [2.05, 4.69) is 20.8 Å². The van der Waals surface area contributed by atoms with Crippen molar-refractivity contribution < 1.29 is 27.4 Å². The number of carbonyl (C=O) groups is 1. The number of rotatable bonds is 9. The van der Waals surface area contributed by atoms with Crippen LogP contribution in [0.4, 0.5) is 24.0 Å². The fraction of sp³-hybridized carbons (Fsp3) is 0.160. The van der Waals surface area contributed by atoms with Gasteiger partial charge in [0.2, 0.25) is 5.13 Å². The monoisotopic (exact) mass is 514 g/mol. The maximum atomic E-state index is 12.9. The van der Waals surface area contributed by atoms with Gasteiger partial charge in [-0.2, -0.15) is 18.3 Å². The first-order chi connectivity index (χ1) is 17.3. The molecule has 0 aliphatic heterocycles. The molecular weight excluding hydrogens is 493 g/mol. The lowest BCUT2D eigenvalue weighted by molar-refractivity contribution is -0.137. The van der Waals surface area contributed by atoms with Crippen molar-refractivity contribution in [3.05, 3.63) is 77.9 Å². The van der Waals surface area contributed by atoms with Crippen LogP contribution in [-0.2, 0) is 11.0 Å². The fourth-order valence-corrected chi connectivity index (χ4v) is 4.00. The fourth-order valence-electron chi connectivity index (χ4n) is 3.19. The van der Waals surface area contributed by atoms with E-state index in [1.54, 1.807) is 31.3 Å². The number of nitrogens with zero attached hydrogens (tertiary/aromatic N) is 2. The molecule has 0 unspecified atom stereocenters. The zero-order valence-electron chi connectivity index (χ0n) is 19.0. The molecule has 0 saturated heterocycles. The van der Waals surface area contributed by atoms with Crippen molar-refractivity contribution in [1.29, 1.82) is 0 Å². The minimum Gasteiger partial charge on any atom is -0.490 e. The Morgan fingerprint density at radius 1 is 1.06 bits per heavy atom. The second kappa shape index (κ2) is 11.1. The van der Waals surface area contributed by atoms with Crippen molar-refractivity contribution >= 4 is 44.5 Å². The molecule has 1 aromatic heterocycles. The molecule has 3 aromatic carbocycles. The number of nitrogens with one attached hydrogen (secondary N) is 2. The first-order valence-electron chi connectivity index (χ1n) is 10.8. The Labute approximate surface area is 208 Å². The van der Waals surface area contributed by atoms with E-state index in [1.807, 2.05) is 24.3 Å². The number of fused-ring (bicyclic) bond motifs is 1. The van der Waals surface area contributed by atoms with Crippen molar-refractivity contribution in [2.24, 2.45) is 5.10 Å². The summed E-state index contributed by atoms with van der Waals surface area (Å²) >= 11 is 1.48. The van der Waals surface area contributed by atoms with Crippen LogP contribution in [-0.4, -0.2) is 30.3 Å². The zero-order chi connectivity index (χ0) is 25.5. The maximum absolute atomic E-state index is 12.9. The predicted octanol–water partition coefficient (Wildman–Crippen LogP) is 6.18. The summed E-state index contributed by atoms with van der Waals surface area (Å²) in [6.45, 7) is 1.75. The number of thiazole rings is 1.